The molecule has 1 N–H and O–H groups in total. The Bertz CT molecular complexity index is 928. The summed E-state index contributed by atoms with van der Waals surface area (Å²) < 4.78 is 13.1. The van der Waals surface area contributed by atoms with E-state index in [9.17, 15) is 10.1 Å². The molecule has 1 saturated heterocycles. The van der Waals surface area contributed by atoms with Crippen LogP contribution in [0.1, 0.15) is 29.7 Å². The molecule has 8 heteroatoms. The first kappa shape index (κ1) is 20.5. The first-order chi connectivity index (χ1) is 13.4. The van der Waals surface area contributed by atoms with Gasteiger partial charge in [-0.05, 0) is 50.5 Å². The number of aromatic nitrogens is 1. The number of halogens is 2. The molecule has 28 heavy (non-hydrogen) atoms. The monoisotopic (exact) mass is 421 g/mol. The van der Waals surface area contributed by atoms with Gasteiger partial charge in [-0.15, -0.1) is 0 Å². The van der Waals surface area contributed by atoms with Crippen LogP contribution < -0.4 is 10.1 Å². The Kier molecular flexibility index (Phi) is 6.50. The molecule has 0 bridgehead atoms. The molecule has 1 fully saturated rings. The van der Waals surface area contributed by atoms with E-state index in [0.29, 0.717) is 33.7 Å². The Morgan fingerprint density at radius 1 is 1.43 bits per heavy atom. The molecule has 1 aliphatic heterocycles. The number of carbonyl (C=O) groups excluding carboxylic acids is 1. The summed E-state index contributed by atoms with van der Waals surface area (Å²) in [5.74, 6) is 0.459. The molecule has 1 amide bonds. The highest BCUT2D eigenvalue weighted by atomic mass is 35.5. The third-order valence-electron chi connectivity index (χ3n) is 4.86. The van der Waals surface area contributed by atoms with Crippen molar-refractivity contribution in [1.82, 2.24) is 4.57 Å². The van der Waals surface area contributed by atoms with Crippen molar-refractivity contribution in [1.29, 1.82) is 5.26 Å². The Balaban J connectivity index is 1.75. The molecule has 3 rings (SSSR count). The lowest BCUT2D eigenvalue weighted by Gasteiger charge is -2.17. The van der Waals surface area contributed by atoms with E-state index in [2.05, 4.69) is 11.4 Å². The highest BCUT2D eigenvalue weighted by molar-refractivity contribution is 6.35. The minimum atomic E-state index is -0.381. The van der Waals surface area contributed by atoms with Crippen LogP contribution in [0.2, 0.25) is 10.0 Å². The number of ether oxygens (including phenoxy) is 2. The van der Waals surface area contributed by atoms with E-state index in [1.807, 2.05) is 18.4 Å². The van der Waals surface area contributed by atoms with Crippen LogP contribution in [0.5, 0.6) is 5.75 Å². The molecule has 6 nitrogen and oxygen atoms in total. The Morgan fingerprint density at radius 3 is 2.86 bits per heavy atom. The summed E-state index contributed by atoms with van der Waals surface area (Å²) in [6.45, 7) is 4.90. The molecule has 1 unspecified atom stereocenters. The summed E-state index contributed by atoms with van der Waals surface area (Å²) in [7, 11) is 0. The summed E-state index contributed by atoms with van der Waals surface area (Å²) in [6, 6.07) is 6.97. The average molecular weight is 422 g/mol. The SMILES string of the molecule is Cc1c(C#N)c(NC(=O)COc2ccc(Cl)cc2Cl)n(CC2CCCO2)c1C. The second-order valence-electron chi connectivity index (χ2n) is 6.70. The van der Waals surface area contributed by atoms with Crippen LogP contribution in [0.15, 0.2) is 18.2 Å². The summed E-state index contributed by atoms with van der Waals surface area (Å²) in [5.41, 5.74) is 2.23. The van der Waals surface area contributed by atoms with Gasteiger partial charge in [0.15, 0.2) is 6.61 Å². The molecule has 2 aromatic rings. The van der Waals surface area contributed by atoms with Crippen LogP contribution in [-0.2, 0) is 16.1 Å². The fourth-order valence-corrected chi connectivity index (χ4v) is 3.72. The maximum atomic E-state index is 12.5. The highest BCUT2D eigenvalue weighted by Gasteiger charge is 2.24. The van der Waals surface area contributed by atoms with E-state index in [0.717, 1.165) is 30.7 Å². The summed E-state index contributed by atoms with van der Waals surface area (Å²) in [4.78, 5) is 12.5. The first-order valence-electron chi connectivity index (χ1n) is 8.99. The van der Waals surface area contributed by atoms with E-state index >= 15 is 0 Å². The van der Waals surface area contributed by atoms with Crippen molar-refractivity contribution in [3.63, 3.8) is 0 Å². The van der Waals surface area contributed by atoms with Gasteiger partial charge < -0.3 is 19.4 Å². The number of nitriles is 1. The van der Waals surface area contributed by atoms with Gasteiger partial charge in [0.05, 0.1) is 23.2 Å². The maximum Gasteiger partial charge on any atom is 0.263 e. The van der Waals surface area contributed by atoms with E-state index in [1.165, 1.54) is 0 Å². The van der Waals surface area contributed by atoms with Gasteiger partial charge in [-0.2, -0.15) is 5.26 Å². The Morgan fingerprint density at radius 2 is 2.21 bits per heavy atom. The predicted molar refractivity (Wildman–Crippen MR) is 108 cm³/mol. The van der Waals surface area contributed by atoms with Gasteiger partial charge in [-0.1, -0.05) is 23.2 Å². The second-order valence-corrected chi connectivity index (χ2v) is 7.55. The van der Waals surface area contributed by atoms with Gasteiger partial charge >= 0.3 is 0 Å². The zero-order valence-corrected chi connectivity index (χ0v) is 17.2. The van der Waals surface area contributed by atoms with Crippen molar-refractivity contribution in [2.24, 2.45) is 0 Å². The molecule has 148 valence electrons. The fraction of sp³-hybridized carbons (Fsp3) is 0.400. The molecule has 1 atom stereocenters. The third kappa shape index (κ3) is 4.44. The van der Waals surface area contributed by atoms with E-state index in [1.54, 1.807) is 18.2 Å². The van der Waals surface area contributed by atoms with Crippen molar-refractivity contribution >= 4 is 34.9 Å². The van der Waals surface area contributed by atoms with Crippen molar-refractivity contribution in [2.75, 3.05) is 18.5 Å². The molecular formula is C20H21Cl2N3O3. The molecule has 1 aromatic heterocycles. The highest BCUT2D eigenvalue weighted by Crippen LogP contribution is 2.29. The number of amides is 1. The van der Waals surface area contributed by atoms with Crippen molar-refractivity contribution < 1.29 is 14.3 Å². The number of carbonyl (C=O) groups is 1. The molecule has 0 saturated carbocycles. The number of anilines is 1. The number of hydrogen-bond donors (Lipinski definition) is 1. The van der Waals surface area contributed by atoms with E-state index in [-0.39, 0.29) is 18.6 Å². The van der Waals surface area contributed by atoms with Gasteiger partial charge in [0.1, 0.15) is 17.6 Å². The van der Waals surface area contributed by atoms with Crippen LogP contribution >= 0.6 is 23.2 Å². The largest absolute Gasteiger partial charge is 0.482 e. The fourth-order valence-electron chi connectivity index (χ4n) is 3.25. The predicted octanol–water partition coefficient (Wildman–Crippen LogP) is 4.48. The lowest BCUT2D eigenvalue weighted by molar-refractivity contribution is -0.118. The van der Waals surface area contributed by atoms with Crippen molar-refractivity contribution in [3.8, 4) is 11.8 Å². The first-order valence-corrected chi connectivity index (χ1v) is 9.75. The van der Waals surface area contributed by atoms with Crippen LogP contribution in [0.25, 0.3) is 0 Å². The number of nitrogens with one attached hydrogen (secondary N) is 1. The number of benzene rings is 1. The van der Waals surface area contributed by atoms with Gasteiger partial charge in [-0.25, -0.2) is 0 Å². The number of hydrogen-bond acceptors (Lipinski definition) is 4. The summed E-state index contributed by atoms with van der Waals surface area (Å²) >= 11 is 11.9. The quantitative estimate of drug-likeness (QED) is 0.745. The normalized spacial score (nSPS) is 16.0. The third-order valence-corrected chi connectivity index (χ3v) is 5.39. The smallest absolute Gasteiger partial charge is 0.263 e. The molecule has 1 aromatic carbocycles. The van der Waals surface area contributed by atoms with Gasteiger partial charge in [0.2, 0.25) is 0 Å². The lowest BCUT2D eigenvalue weighted by atomic mass is 10.2. The standard InChI is InChI=1S/C20H21Cl2N3O3/c1-12-13(2)25(10-15-4-3-7-27-15)20(16(12)9-23)24-19(26)11-28-18-6-5-14(21)8-17(18)22/h5-6,8,15H,3-4,7,10-11H2,1-2H3,(H,24,26). The van der Waals surface area contributed by atoms with Gasteiger partial charge in [0, 0.05) is 17.3 Å². The van der Waals surface area contributed by atoms with Crippen LogP contribution in [0.4, 0.5) is 5.82 Å². The minimum Gasteiger partial charge on any atom is -0.482 e. The number of nitrogens with zero attached hydrogens (tertiary/aromatic N) is 2. The summed E-state index contributed by atoms with van der Waals surface area (Å²) in [6.07, 6.45) is 2.06. The Labute approximate surface area is 173 Å². The van der Waals surface area contributed by atoms with Crippen LogP contribution in [0, 0.1) is 25.2 Å². The summed E-state index contributed by atoms with van der Waals surface area (Å²) in [5, 5.41) is 13.2. The van der Waals surface area contributed by atoms with Crippen LogP contribution in [0.3, 0.4) is 0 Å². The van der Waals surface area contributed by atoms with E-state index < -0.39 is 0 Å². The molecular weight excluding hydrogens is 401 g/mol. The molecule has 0 aliphatic carbocycles. The van der Waals surface area contributed by atoms with Crippen molar-refractivity contribution in [3.05, 3.63) is 45.1 Å². The van der Waals surface area contributed by atoms with Gasteiger partial charge in [-0.3, -0.25) is 4.79 Å². The van der Waals surface area contributed by atoms with Crippen LogP contribution in [-0.4, -0.2) is 29.8 Å². The second kappa shape index (κ2) is 8.87. The molecule has 2 heterocycles. The van der Waals surface area contributed by atoms with Gasteiger partial charge in [0.25, 0.3) is 5.91 Å². The topological polar surface area (TPSA) is 76.3 Å². The van der Waals surface area contributed by atoms with Crippen molar-refractivity contribution in [2.45, 2.75) is 39.3 Å². The Hall–Kier alpha value is -2.20. The molecule has 0 spiro atoms. The molecule has 1 aliphatic rings. The zero-order valence-electron chi connectivity index (χ0n) is 15.7. The zero-order chi connectivity index (χ0) is 20.3. The lowest BCUT2D eigenvalue weighted by Crippen LogP contribution is -2.24. The minimum absolute atomic E-state index is 0.0804. The maximum absolute atomic E-state index is 12.5. The number of rotatable bonds is 6. The molecule has 0 radical (unpaired) electrons. The van der Waals surface area contributed by atoms with E-state index in [4.69, 9.17) is 32.7 Å². The average Bonchev–Trinajstić information content (AvgIpc) is 3.24.